The lowest BCUT2D eigenvalue weighted by atomic mass is 9.88. The highest BCUT2D eigenvalue weighted by Crippen LogP contribution is 2.38. The van der Waals surface area contributed by atoms with Crippen molar-refractivity contribution in [1.29, 1.82) is 0 Å². The molecule has 0 saturated heterocycles. The molecule has 0 spiro atoms. The van der Waals surface area contributed by atoms with Gasteiger partial charge in [0.2, 0.25) is 5.91 Å². The van der Waals surface area contributed by atoms with Crippen LogP contribution in [0.4, 0.5) is 5.82 Å². The van der Waals surface area contributed by atoms with Gasteiger partial charge in [-0.1, -0.05) is 36.4 Å². The van der Waals surface area contributed by atoms with Crippen LogP contribution in [0.25, 0.3) is 11.4 Å². The van der Waals surface area contributed by atoms with Crippen LogP contribution in [0, 0.1) is 5.92 Å². The number of allylic oxidation sites excluding steroid dienone is 1. The van der Waals surface area contributed by atoms with Crippen LogP contribution in [0.15, 0.2) is 41.5 Å². The number of fused-ring (bicyclic) bond motifs is 1. The van der Waals surface area contributed by atoms with E-state index < -0.39 is 0 Å². The first-order valence-corrected chi connectivity index (χ1v) is 12.0. The summed E-state index contributed by atoms with van der Waals surface area (Å²) in [6.07, 6.45) is 6.74. The van der Waals surface area contributed by atoms with E-state index in [4.69, 9.17) is 11.6 Å². The maximum absolute atomic E-state index is 12.3. The van der Waals surface area contributed by atoms with Crippen molar-refractivity contribution >= 4 is 46.4 Å². The third-order valence-electron chi connectivity index (χ3n) is 5.00. The Balaban J connectivity index is 1.50. The van der Waals surface area contributed by atoms with Gasteiger partial charge in [-0.05, 0) is 42.9 Å². The highest BCUT2D eigenvalue weighted by Gasteiger charge is 2.24. The largest absolute Gasteiger partial charge is 0.310 e. The van der Waals surface area contributed by atoms with Gasteiger partial charge in [0, 0.05) is 28.6 Å². The third-order valence-corrected chi connectivity index (χ3v) is 7.24. The molecule has 0 fully saturated rings. The van der Waals surface area contributed by atoms with E-state index >= 15 is 0 Å². The van der Waals surface area contributed by atoms with E-state index in [1.54, 1.807) is 12.1 Å². The zero-order chi connectivity index (χ0) is 21.1. The van der Waals surface area contributed by atoms with Gasteiger partial charge < -0.3 is 5.32 Å². The fraction of sp³-hybridized carbons (Fsp3) is 0.333. The van der Waals surface area contributed by atoms with Gasteiger partial charge in [-0.15, -0.1) is 28.1 Å². The molecule has 1 aliphatic rings. The highest BCUT2D eigenvalue weighted by atomic mass is 35.5. The van der Waals surface area contributed by atoms with E-state index in [-0.39, 0.29) is 11.7 Å². The highest BCUT2D eigenvalue weighted by molar-refractivity contribution is 7.99. The Bertz CT molecular complexity index is 1060. The monoisotopic (exact) mass is 459 g/mol. The maximum atomic E-state index is 12.3. The van der Waals surface area contributed by atoms with Crippen molar-refractivity contribution in [2.45, 2.75) is 37.9 Å². The molecule has 1 atom stereocenters. The van der Waals surface area contributed by atoms with Crippen LogP contribution in [0.5, 0.6) is 0 Å². The van der Waals surface area contributed by atoms with E-state index in [1.807, 2.05) is 22.0 Å². The topological polar surface area (TPSA) is 72.7 Å². The number of carbonyl (C=O) groups is 1. The van der Waals surface area contributed by atoms with Gasteiger partial charge in [0.1, 0.15) is 5.82 Å². The number of anilines is 1. The first-order valence-electron chi connectivity index (χ1n) is 9.73. The van der Waals surface area contributed by atoms with Crippen molar-refractivity contribution in [3.05, 3.63) is 51.8 Å². The minimum atomic E-state index is -0.161. The number of rotatable bonds is 7. The quantitative estimate of drug-likeness (QED) is 0.393. The lowest BCUT2D eigenvalue weighted by Gasteiger charge is -2.19. The fourth-order valence-corrected chi connectivity index (χ4v) is 5.61. The van der Waals surface area contributed by atoms with Crippen molar-refractivity contribution in [2.75, 3.05) is 11.1 Å². The predicted molar refractivity (Wildman–Crippen MR) is 123 cm³/mol. The Morgan fingerprint density at radius 3 is 3.10 bits per heavy atom. The molecule has 156 valence electrons. The summed E-state index contributed by atoms with van der Waals surface area (Å²) in [5.74, 6) is 2.10. The van der Waals surface area contributed by atoms with E-state index in [0.717, 1.165) is 30.1 Å². The minimum Gasteiger partial charge on any atom is -0.310 e. The van der Waals surface area contributed by atoms with E-state index in [1.165, 1.54) is 34.8 Å². The third kappa shape index (κ3) is 4.61. The number of amides is 1. The summed E-state index contributed by atoms with van der Waals surface area (Å²) >= 11 is 8.99. The Morgan fingerprint density at radius 1 is 1.47 bits per heavy atom. The molecule has 3 aromatic rings. The van der Waals surface area contributed by atoms with Gasteiger partial charge in [0.15, 0.2) is 11.0 Å². The van der Waals surface area contributed by atoms with Gasteiger partial charge >= 0.3 is 0 Å². The maximum Gasteiger partial charge on any atom is 0.236 e. The summed E-state index contributed by atoms with van der Waals surface area (Å²) in [4.78, 5) is 17.9. The molecule has 1 aliphatic carbocycles. The summed E-state index contributed by atoms with van der Waals surface area (Å²) in [6, 6.07) is 3.36. The predicted octanol–water partition coefficient (Wildman–Crippen LogP) is 5.10. The molecular formula is C21H22ClN5OS2. The average Bonchev–Trinajstić information content (AvgIpc) is 3.32. The number of carbonyl (C=O) groups excluding carboxylic acids is 1. The molecule has 0 aromatic carbocycles. The van der Waals surface area contributed by atoms with Crippen LogP contribution in [-0.2, 0) is 24.2 Å². The van der Waals surface area contributed by atoms with Crippen molar-refractivity contribution in [3.63, 3.8) is 0 Å². The van der Waals surface area contributed by atoms with Crippen LogP contribution in [0.2, 0.25) is 5.02 Å². The van der Waals surface area contributed by atoms with Crippen molar-refractivity contribution < 1.29 is 4.79 Å². The standard InChI is InChI=1S/C21H22ClN5OS2/c1-3-8-27-20(16-11-29-17-9-13(2)4-6-15(16)17)25-26-21(27)30-12-19(28)24-18-7-5-14(22)10-23-18/h3,5,7,10-11,13H,1,4,6,8-9,12H2,2H3,(H,23,24,28). The van der Waals surface area contributed by atoms with E-state index in [9.17, 15) is 4.79 Å². The summed E-state index contributed by atoms with van der Waals surface area (Å²) in [6.45, 7) is 6.77. The molecule has 9 heteroatoms. The number of nitrogens with zero attached hydrogens (tertiary/aromatic N) is 4. The molecule has 4 rings (SSSR count). The van der Waals surface area contributed by atoms with Crippen molar-refractivity contribution in [3.8, 4) is 11.4 Å². The molecule has 0 radical (unpaired) electrons. The second-order valence-corrected chi connectivity index (χ2v) is 9.65. The molecule has 1 amide bonds. The lowest BCUT2D eigenvalue weighted by Crippen LogP contribution is -2.15. The molecule has 30 heavy (non-hydrogen) atoms. The van der Waals surface area contributed by atoms with Gasteiger partial charge in [-0.25, -0.2) is 4.98 Å². The Kier molecular flexibility index (Phi) is 6.55. The molecular weight excluding hydrogens is 438 g/mol. The lowest BCUT2D eigenvalue weighted by molar-refractivity contribution is -0.113. The second kappa shape index (κ2) is 9.32. The number of aromatic nitrogens is 4. The van der Waals surface area contributed by atoms with Crippen LogP contribution in [0.3, 0.4) is 0 Å². The van der Waals surface area contributed by atoms with Crippen molar-refractivity contribution in [2.24, 2.45) is 5.92 Å². The number of halogens is 1. The SMILES string of the molecule is C=CCn1c(SCC(=O)Nc2ccc(Cl)cn2)nnc1-c1csc2c1CCC(C)C2. The number of thiophene rings is 1. The summed E-state index contributed by atoms with van der Waals surface area (Å²) < 4.78 is 2.03. The molecule has 1 unspecified atom stereocenters. The average molecular weight is 460 g/mol. The van der Waals surface area contributed by atoms with Crippen LogP contribution in [0.1, 0.15) is 23.8 Å². The first kappa shape index (κ1) is 21.1. The number of hydrogen-bond acceptors (Lipinski definition) is 6. The number of hydrogen-bond donors (Lipinski definition) is 1. The van der Waals surface area contributed by atoms with E-state index in [0.29, 0.717) is 22.5 Å². The first-order chi connectivity index (χ1) is 14.5. The van der Waals surface area contributed by atoms with Crippen molar-refractivity contribution in [1.82, 2.24) is 19.7 Å². The smallest absolute Gasteiger partial charge is 0.236 e. The second-order valence-electron chi connectivity index (χ2n) is 7.30. The Hall–Kier alpha value is -2.16. The Morgan fingerprint density at radius 2 is 2.33 bits per heavy atom. The van der Waals surface area contributed by atoms with Gasteiger partial charge in [-0.3, -0.25) is 9.36 Å². The fourth-order valence-electron chi connectivity index (χ4n) is 3.51. The minimum absolute atomic E-state index is 0.161. The van der Waals surface area contributed by atoms with Crippen LogP contribution >= 0.6 is 34.7 Å². The number of thioether (sulfide) groups is 1. The molecule has 3 aromatic heterocycles. The summed E-state index contributed by atoms with van der Waals surface area (Å²) in [5, 5.41) is 15.0. The zero-order valence-corrected chi connectivity index (χ0v) is 19.0. The van der Waals surface area contributed by atoms with Gasteiger partial charge in [-0.2, -0.15) is 0 Å². The summed E-state index contributed by atoms with van der Waals surface area (Å²) in [5.41, 5.74) is 2.57. The van der Waals surface area contributed by atoms with Gasteiger partial charge in [0.05, 0.1) is 10.8 Å². The molecule has 0 bridgehead atoms. The normalized spacial score (nSPS) is 15.6. The number of nitrogens with one attached hydrogen (secondary N) is 1. The van der Waals surface area contributed by atoms with Gasteiger partial charge in [0.25, 0.3) is 0 Å². The Labute approximate surface area is 188 Å². The van der Waals surface area contributed by atoms with Crippen LogP contribution < -0.4 is 5.32 Å². The zero-order valence-electron chi connectivity index (χ0n) is 16.6. The van der Waals surface area contributed by atoms with Crippen LogP contribution in [-0.4, -0.2) is 31.4 Å². The molecule has 1 N–H and O–H groups in total. The summed E-state index contributed by atoms with van der Waals surface area (Å²) in [7, 11) is 0. The molecule has 0 aliphatic heterocycles. The molecule has 0 saturated carbocycles. The molecule has 3 heterocycles. The molecule has 6 nitrogen and oxygen atoms in total. The number of pyridine rings is 1. The van der Waals surface area contributed by atoms with E-state index in [2.05, 4.69) is 39.4 Å².